The molecule has 16 heavy (non-hydrogen) atoms. The Morgan fingerprint density at radius 2 is 2.00 bits per heavy atom. The number of nitrogens with one attached hydrogen (secondary N) is 1. The van der Waals surface area contributed by atoms with Crippen LogP contribution in [0.1, 0.15) is 12.0 Å². The molecule has 0 aliphatic heterocycles. The Bertz CT molecular complexity index is 286. The minimum atomic E-state index is -0.155. The monoisotopic (exact) mass is 241 g/mol. The second-order valence-electron chi connectivity index (χ2n) is 4.04. The molecule has 0 saturated heterocycles. The summed E-state index contributed by atoms with van der Waals surface area (Å²) in [5.74, 6) is 1.68. The highest BCUT2D eigenvalue weighted by atomic mass is 32.2. The van der Waals surface area contributed by atoms with E-state index in [-0.39, 0.29) is 5.82 Å². The highest BCUT2D eigenvalue weighted by molar-refractivity contribution is 7.98. The molecule has 1 aromatic carbocycles. The van der Waals surface area contributed by atoms with Crippen LogP contribution in [0.5, 0.6) is 0 Å². The van der Waals surface area contributed by atoms with E-state index in [4.69, 9.17) is 0 Å². The van der Waals surface area contributed by atoms with Crippen molar-refractivity contribution in [3.63, 3.8) is 0 Å². The van der Waals surface area contributed by atoms with Gasteiger partial charge < -0.3 is 5.32 Å². The van der Waals surface area contributed by atoms with Gasteiger partial charge in [0.1, 0.15) is 5.82 Å². The van der Waals surface area contributed by atoms with Crippen LogP contribution in [-0.4, -0.2) is 25.6 Å². The first-order chi connectivity index (χ1) is 7.76. The minimum absolute atomic E-state index is 0.155. The third-order valence-corrected chi connectivity index (χ3v) is 3.30. The molecule has 0 aliphatic carbocycles. The third-order valence-electron chi connectivity index (χ3n) is 2.66. The molecule has 0 aromatic heterocycles. The zero-order valence-corrected chi connectivity index (χ0v) is 10.8. The van der Waals surface area contributed by atoms with Crippen molar-refractivity contribution in [2.75, 3.05) is 25.6 Å². The van der Waals surface area contributed by atoms with Gasteiger partial charge >= 0.3 is 0 Å². The fraction of sp³-hybridized carbons (Fsp3) is 0.538. The van der Waals surface area contributed by atoms with Crippen molar-refractivity contribution in [3.05, 3.63) is 35.6 Å². The Hall–Kier alpha value is -0.540. The molecule has 0 amide bonds. The molecule has 0 radical (unpaired) electrons. The minimum Gasteiger partial charge on any atom is -0.319 e. The molecular weight excluding hydrogens is 221 g/mol. The molecule has 0 heterocycles. The van der Waals surface area contributed by atoms with Crippen LogP contribution < -0.4 is 5.32 Å². The molecule has 1 rings (SSSR count). The lowest BCUT2D eigenvalue weighted by molar-refractivity contribution is 0.484. The fourth-order valence-corrected chi connectivity index (χ4v) is 2.37. The maximum Gasteiger partial charge on any atom is 0.123 e. The number of hydrogen-bond acceptors (Lipinski definition) is 2. The summed E-state index contributed by atoms with van der Waals surface area (Å²) in [5.41, 5.74) is 1.22. The Morgan fingerprint density at radius 1 is 1.31 bits per heavy atom. The van der Waals surface area contributed by atoms with Gasteiger partial charge in [0.15, 0.2) is 0 Å². The van der Waals surface area contributed by atoms with Crippen molar-refractivity contribution >= 4 is 11.8 Å². The molecule has 90 valence electrons. The number of halogens is 1. The Kier molecular flexibility index (Phi) is 6.50. The molecule has 1 nitrogen and oxygen atoms in total. The molecule has 1 unspecified atom stereocenters. The Morgan fingerprint density at radius 3 is 2.56 bits per heavy atom. The van der Waals surface area contributed by atoms with E-state index in [2.05, 4.69) is 11.6 Å². The van der Waals surface area contributed by atoms with Crippen molar-refractivity contribution in [1.82, 2.24) is 5.32 Å². The van der Waals surface area contributed by atoms with Crippen LogP contribution in [0.4, 0.5) is 4.39 Å². The molecule has 0 bridgehead atoms. The van der Waals surface area contributed by atoms with Crippen LogP contribution >= 0.6 is 11.8 Å². The molecule has 3 heteroatoms. The van der Waals surface area contributed by atoms with Gasteiger partial charge in [-0.3, -0.25) is 0 Å². The topological polar surface area (TPSA) is 12.0 Å². The fourth-order valence-electron chi connectivity index (χ4n) is 1.80. The highest BCUT2D eigenvalue weighted by Gasteiger charge is 2.08. The van der Waals surface area contributed by atoms with Gasteiger partial charge in [-0.25, -0.2) is 4.39 Å². The molecule has 1 aromatic rings. The molecule has 1 atom stereocenters. The Labute approximate surface area is 102 Å². The van der Waals surface area contributed by atoms with E-state index in [1.807, 2.05) is 30.9 Å². The number of hydrogen-bond donors (Lipinski definition) is 1. The largest absolute Gasteiger partial charge is 0.319 e. The van der Waals surface area contributed by atoms with Crippen LogP contribution in [0.2, 0.25) is 0 Å². The predicted octanol–water partition coefficient (Wildman–Crippen LogP) is 2.96. The zero-order valence-electron chi connectivity index (χ0n) is 10.0. The van der Waals surface area contributed by atoms with Crippen molar-refractivity contribution < 1.29 is 4.39 Å². The number of thioether (sulfide) groups is 1. The normalized spacial score (nSPS) is 12.7. The van der Waals surface area contributed by atoms with E-state index >= 15 is 0 Å². The van der Waals surface area contributed by atoms with Crippen molar-refractivity contribution in [2.45, 2.75) is 12.8 Å². The number of rotatable bonds is 7. The highest BCUT2D eigenvalue weighted by Crippen LogP contribution is 2.14. The van der Waals surface area contributed by atoms with Gasteiger partial charge in [0.05, 0.1) is 0 Å². The van der Waals surface area contributed by atoms with Gasteiger partial charge in [0.2, 0.25) is 0 Å². The summed E-state index contributed by atoms with van der Waals surface area (Å²) < 4.78 is 12.8. The summed E-state index contributed by atoms with van der Waals surface area (Å²) in [6, 6.07) is 6.86. The first-order valence-corrected chi connectivity index (χ1v) is 7.03. The maximum atomic E-state index is 12.8. The van der Waals surface area contributed by atoms with Crippen molar-refractivity contribution in [1.29, 1.82) is 0 Å². The summed E-state index contributed by atoms with van der Waals surface area (Å²) >= 11 is 1.88. The summed E-state index contributed by atoms with van der Waals surface area (Å²) in [4.78, 5) is 0. The van der Waals surface area contributed by atoms with E-state index < -0.39 is 0 Å². The van der Waals surface area contributed by atoms with Gasteiger partial charge in [-0.05, 0) is 62.1 Å². The lowest BCUT2D eigenvalue weighted by Crippen LogP contribution is -2.21. The number of benzene rings is 1. The quantitative estimate of drug-likeness (QED) is 0.787. The maximum absolute atomic E-state index is 12.8. The summed E-state index contributed by atoms with van der Waals surface area (Å²) in [6.45, 7) is 1.03. The standard InChI is InChI=1S/C13H20FNS/c1-15-10-12(7-8-16-2)9-11-3-5-13(14)6-4-11/h3-6,12,15H,7-10H2,1-2H3. The summed E-state index contributed by atoms with van der Waals surface area (Å²) in [6.07, 6.45) is 4.37. The van der Waals surface area contributed by atoms with E-state index in [0.717, 1.165) is 13.0 Å². The van der Waals surface area contributed by atoms with Crippen LogP contribution in [0.3, 0.4) is 0 Å². The molecule has 0 aliphatic rings. The van der Waals surface area contributed by atoms with Crippen LogP contribution in [0.15, 0.2) is 24.3 Å². The van der Waals surface area contributed by atoms with Crippen molar-refractivity contribution in [3.8, 4) is 0 Å². The third kappa shape index (κ3) is 4.99. The lowest BCUT2D eigenvalue weighted by atomic mass is 9.97. The van der Waals surface area contributed by atoms with Crippen LogP contribution in [-0.2, 0) is 6.42 Å². The van der Waals surface area contributed by atoms with Crippen LogP contribution in [0, 0.1) is 11.7 Å². The summed E-state index contributed by atoms with van der Waals surface area (Å²) in [5, 5.41) is 3.22. The van der Waals surface area contributed by atoms with E-state index in [0.29, 0.717) is 5.92 Å². The first-order valence-electron chi connectivity index (χ1n) is 5.64. The predicted molar refractivity (Wildman–Crippen MR) is 70.5 cm³/mol. The second-order valence-corrected chi connectivity index (χ2v) is 5.02. The van der Waals surface area contributed by atoms with Gasteiger partial charge in [0, 0.05) is 0 Å². The van der Waals surface area contributed by atoms with E-state index in [1.54, 1.807) is 12.1 Å². The SMILES string of the molecule is CNCC(CCSC)Cc1ccc(F)cc1. The van der Waals surface area contributed by atoms with Gasteiger partial charge in [-0.15, -0.1) is 0 Å². The molecule has 1 N–H and O–H groups in total. The van der Waals surface area contributed by atoms with Crippen LogP contribution in [0.25, 0.3) is 0 Å². The van der Waals surface area contributed by atoms with E-state index in [9.17, 15) is 4.39 Å². The smallest absolute Gasteiger partial charge is 0.123 e. The first kappa shape index (κ1) is 13.5. The van der Waals surface area contributed by atoms with E-state index in [1.165, 1.54) is 17.7 Å². The second kappa shape index (κ2) is 7.69. The van der Waals surface area contributed by atoms with Crippen molar-refractivity contribution in [2.24, 2.45) is 5.92 Å². The molecule has 0 saturated carbocycles. The zero-order chi connectivity index (χ0) is 11.8. The van der Waals surface area contributed by atoms with Gasteiger partial charge in [-0.1, -0.05) is 12.1 Å². The molecule has 0 spiro atoms. The molecule has 0 fully saturated rings. The average Bonchev–Trinajstić information content (AvgIpc) is 2.29. The average molecular weight is 241 g/mol. The summed E-state index contributed by atoms with van der Waals surface area (Å²) in [7, 11) is 1.98. The van der Waals surface area contributed by atoms with Gasteiger partial charge in [0.25, 0.3) is 0 Å². The van der Waals surface area contributed by atoms with Gasteiger partial charge in [-0.2, -0.15) is 11.8 Å². The lowest BCUT2D eigenvalue weighted by Gasteiger charge is -2.16. The Balaban J connectivity index is 2.49. The molecular formula is C13H20FNS.